The van der Waals surface area contributed by atoms with Gasteiger partial charge < -0.3 is 4.90 Å². The predicted octanol–water partition coefficient (Wildman–Crippen LogP) is 4.91. The number of hydrogen-bond acceptors (Lipinski definition) is 3. The lowest BCUT2D eigenvalue weighted by Gasteiger charge is -2.28. The van der Waals surface area contributed by atoms with Crippen LogP contribution >= 0.6 is 0 Å². The van der Waals surface area contributed by atoms with Crippen LogP contribution < -0.4 is 4.90 Å². The first-order valence-electron chi connectivity index (χ1n) is 8.61. The van der Waals surface area contributed by atoms with Crippen molar-refractivity contribution in [2.24, 2.45) is 4.99 Å². The smallest absolute Gasteiger partial charge is 0.326 e. The molecule has 0 N–H and O–H groups in total. The number of anilines is 1. The molecule has 0 radical (unpaired) electrons. The number of rotatable bonds is 3. The highest BCUT2D eigenvalue weighted by Crippen LogP contribution is 2.43. The van der Waals surface area contributed by atoms with Gasteiger partial charge >= 0.3 is 6.18 Å². The highest BCUT2D eigenvalue weighted by molar-refractivity contribution is 5.94. The van der Waals surface area contributed by atoms with Crippen LogP contribution in [0.3, 0.4) is 0 Å². The van der Waals surface area contributed by atoms with Crippen molar-refractivity contribution in [1.29, 1.82) is 0 Å². The predicted molar refractivity (Wildman–Crippen MR) is 94.7 cm³/mol. The van der Waals surface area contributed by atoms with Gasteiger partial charge in [-0.1, -0.05) is 0 Å². The second-order valence-electron chi connectivity index (χ2n) is 6.78. The van der Waals surface area contributed by atoms with Gasteiger partial charge in [0.25, 0.3) is 0 Å². The van der Waals surface area contributed by atoms with Crippen molar-refractivity contribution in [2.75, 3.05) is 4.90 Å². The Bertz CT molecular complexity index is 873. The molecule has 1 unspecified atom stereocenters. The number of halogens is 3. The molecular weight excluding hydrogens is 341 g/mol. The van der Waals surface area contributed by atoms with Crippen LogP contribution in [0.15, 0.2) is 47.6 Å². The Morgan fingerprint density at radius 3 is 2.31 bits per heavy atom. The molecule has 0 saturated heterocycles. The van der Waals surface area contributed by atoms with Gasteiger partial charge in [-0.25, -0.2) is 4.68 Å². The highest BCUT2D eigenvalue weighted by atomic mass is 19.4. The molecule has 2 heterocycles. The molecular formula is C19H19F3N4. The normalized spacial score (nSPS) is 20.4. The molecule has 2 aliphatic rings. The van der Waals surface area contributed by atoms with E-state index in [4.69, 9.17) is 0 Å². The number of hydrogen-bond donors (Lipinski definition) is 0. The standard InChI is InChI=1S/C19H19F3N4/c1-12-9-10-25(13(2)23-12)15-5-7-16(8-6-15)26-17(14-3-4-14)11-18(24-26)19(20,21)22/h5-11,13-14H,3-4H2,1-2H3. The zero-order valence-electron chi connectivity index (χ0n) is 14.5. The van der Waals surface area contributed by atoms with Crippen molar-refractivity contribution in [3.63, 3.8) is 0 Å². The van der Waals surface area contributed by atoms with Crippen molar-refractivity contribution in [2.45, 2.75) is 44.9 Å². The maximum absolute atomic E-state index is 13.1. The summed E-state index contributed by atoms with van der Waals surface area (Å²) < 4.78 is 40.6. The number of allylic oxidation sites excluding steroid dienone is 1. The molecule has 7 heteroatoms. The highest BCUT2D eigenvalue weighted by Gasteiger charge is 2.38. The van der Waals surface area contributed by atoms with Crippen LogP contribution in [0.1, 0.15) is 44.0 Å². The van der Waals surface area contributed by atoms with Gasteiger partial charge in [0.15, 0.2) is 5.69 Å². The number of aliphatic imine (C=N–C) groups is 1. The summed E-state index contributed by atoms with van der Waals surface area (Å²) in [6, 6.07) is 8.56. The SMILES string of the molecule is CC1=NC(C)N(c2ccc(-n3nc(C(F)(F)F)cc3C3CC3)cc2)C=C1. The van der Waals surface area contributed by atoms with Crippen molar-refractivity contribution < 1.29 is 13.2 Å². The first kappa shape index (κ1) is 16.9. The Labute approximate surface area is 149 Å². The van der Waals surface area contributed by atoms with E-state index in [1.165, 1.54) is 10.7 Å². The van der Waals surface area contributed by atoms with Crippen LogP contribution in [-0.4, -0.2) is 21.7 Å². The molecule has 4 nitrogen and oxygen atoms in total. The molecule has 1 saturated carbocycles. The molecule has 0 bridgehead atoms. The molecule has 2 aromatic rings. The topological polar surface area (TPSA) is 33.4 Å². The Hall–Kier alpha value is -2.57. The van der Waals surface area contributed by atoms with Gasteiger partial charge in [-0.15, -0.1) is 0 Å². The van der Waals surface area contributed by atoms with Gasteiger partial charge in [0.2, 0.25) is 0 Å². The molecule has 136 valence electrons. The third-order valence-corrected chi connectivity index (χ3v) is 4.68. The van der Waals surface area contributed by atoms with Crippen LogP contribution in [-0.2, 0) is 6.18 Å². The molecule has 0 spiro atoms. The Balaban J connectivity index is 1.65. The molecule has 1 fully saturated rings. The van der Waals surface area contributed by atoms with Crippen LogP contribution in [0, 0.1) is 0 Å². The van der Waals surface area contributed by atoms with Gasteiger partial charge in [-0.05, 0) is 63.1 Å². The summed E-state index contributed by atoms with van der Waals surface area (Å²) >= 11 is 0. The molecule has 1 atom stereocenters. The molecule has 26 heavy (non-hydrogen) atoms. The summed E-state index contributed by atoms with van der Waals surface area (Å²) in [6.07, 6.45) is 1.27. The minimum absolute atomic E-state index is 0.0191. The molecule has 1 aliphatic heterocycles. The van der Waals surface area contributed by atoms with Gasteiger partial charge in [-0.3, -0.25) is 4.99 Å². The second-order valence-corrected chi connectivity index (χ2v) is 6.78. The summed E-state index contributed by atoms with van der Waals surface area (Å²) in [6.45, 7) is 3.94. The number of nitrogens with zero attached hydrogens (tertiary/aromatic N) is 4. The van der Waals surface area contributed by atoms with E-state index in [9.17, 15) is 13.2 Å². The number of benzene rings is 1. The summed E-state index contributed by atoms with van der Waals surface area (Å²) in [5.41, 5.74) is 2.34. The fourth-order valence-electron chi connectivity index (χ4n) is 3.19. The van der Waals surface area contributed by atoms with Crippen molar-refractivity contribution >= 4 is 11.4 Å². The lowest BCUT2D eigenvalue weighted by atomic mass is 10.2. The maximum Gasteiger partial charge on any atom is 0.435 e. The average molecular weight is 360 g/mol. The van der Waals surface area contributed by atoms with E-state index >= 15 is 0 Å². The fourth-order valence-corrected chi connectivity index (χ4v) is 3.19. The number of alkyl halides is 3. The van der Waals surface area contributed by atoms with Crippen LogP contribution in [0.25, 0.3) is 5.69 Å². The first-order chi connectivity index (χ1) is 12.3. The van der Waals surface area contributed by atoms with Gasteiger partial charge in [0.05, 0.1) is 5.69 Å². The third-order valence-electron chi connectivity index (χ3n) is 4.68. The second kappa shape index (κ2) is 6.00. The summed E-state index contributed by atoms with van der Waals surface area (Å²) in [7, 11) is 0. The van der Waals surface area contributed by atoms with Gasteiger partial charge in [0, 0.05) is 29.2 Å². The molecule has 4 rings (SSSR count). The van der Waals surface area contributed by atoms with E-state index in [-0.39, 0.29) is 12.1 Å². The fraction of sp³-hybridized carbons (Fsp3) is 0.368. The Morgan fingerprint density at radius 1 is 1.08 bits per heavy atom. The minimum Gasteiger partial charge on any atom is -0.326 e. The minimum atomic E-state index is -4.43. The lowest BCUT2D eigenvalue weighted by molar-refractivity contribution is -0.141. The first-order valence-corrected chi connectivity index (χ1v) is 8.61. The van der Waals surface area contributed by atoms with Crippen molar-refractivity contribution in [1.82, 2.24) is 9.78 Å². The molecule has 1 aliphatic carbocycles. The van der Waals surface area contributed by atoms with Crippen molar-refractivity contribution in [3.8, 4) is 5.69 Å². The monoisotopic (exact) mass is 360 g/mol. The van der Waals surface area contributed by atoms with Crippen LogP contribution in [0.2, 0.25) is 0 Å². The van der Waals surface area contributed by atoms with E-state index in [1.54, 1.807) is 12.1 Å². The summed E-state index contributed by atoms with van der Waals surface area (Å²) in [5, 5.41) is 3.82. The van der Waals surface area contributed by atoms with Gasteiger partial charge in [0.1, 0.15) is 6.17 Å². The molecule has 0 amide bonds. The summed E-state index contributed by atoms with van der Waals surface area (Å²) in [5.74, 6) is 0.167. The Kier molecular flexibility index (Phi) is 3.89. The quantitative estimate of drug-likeness (QED) is 0.779. The van der Waals surface area contributed by atoms with E-state index in [2.05, 4.69) is 10.1 Å². The maximum atomic E-state index is 13.1. The zero-order chi connectivity index (χ0) is 18.5. The van der Waals surface area contributed by atoms with Crippen molar-refractivity contribution in [3.05, 3.63) is 54.0 Å². The van der Waals surface area contributed by atoms with E-state index < -0.39 is 11.9 Å². The third kappa shape index (κ3) is 3.13. The largest absolute Gasteiger partial charge is 0.435 e. The number of aromatic nitrogens is 2. The average Bonchev–Trinajstić information content (AvgIpc) is 3.32. The zero-order valence-corrected chi connectivity index (χ0v) is 14.5. The summed E-state index contributed by atoms with van der Waals surface area (Å²) in [4.78, 5) is 6.53. The van der Waals surface area contributed by atoms with E-state index in [0.29, 0.717) is 11.4 Å². The van der Waals surface area contributed by atoms with Gasteiger partial charge in [-0.2, -0.15) is 18.3 Å². The molecule has 1 aromatic carbocycles. The van der Waals surface area contributed by atoms with E-state index in [0.717, 1.165) is 24.2 Å². The lowest BCUT2D eigenvalue weighted by Crippen LogP contribution is -2.29. The molecule has 1 aromatic heterocycles. The van der Waals surface area contributed by atoms with Crippen LogP contribution in [0.4, 0.5) is 18.9 Å². The van der Waals surface area contributed by atoms with Crippen LogP contribution in [0.5, 0.6) is 0 Å². The van der Waals surface area contributed by atoms with E-state index in [1.807, 2.05) is 43.2 Å². The Morgan fingerprint density at radius 2 is 1.73 bits per heavy atom.